The molecule has 2 aromatic carbocycles. The minimum absolute atomic E-state index is 0.238. The monoisotopic (exact) mass is 367 g/mol. The summed E-state index contributed by atoms with van der Waals surface area (Å²) in [6.45, 7) is 6.57. The lowest BCUT2D eigenvalue weighted by Crippen LogP contribution is -2.42. The predicted molar refractivity (Wildman–Crippen MR) is 104 cm³/mol. The molecule has 27 heavy (non-hydrogen) atoms. The number of aliphatic carboxylic acids is 1. The normalized spacial score (nSPS) is 19.7. The molecule has 1 heterocycles. The van der Waals surface area contributed by atoms with Gasteiger partial charge in [0.2, 0.25) is 0 Å². The number of nitrogens with zero attached hydrogens (tertiary/aromatic N) is 1. The minimum atomic E-state index is -1.05. The van der Waals surface area contributed by atoms with Crippen LogP contribution in [0, 0.1) is 12.8 Å². The Morgan fingerprint density at radius 2 is 1.74 bits per heavy atom. The second kappa shape index (κ2) is 7.92. The van der Waals surface area contributed by atoms with Crippen molar-refractivity contribution in [3.63, 3.8) is 0 Å². The Bertz CT molecular complexity index is 846. The first-order chi connectivity index (χ1) is 12.9. The van der Waals surface area contributed by atoms with Crippen LogP contribution in [-0.2, 0) is 14.3 Å². The van der Waals surface area contributed by atoms with Gasteiger partial charge in [-0.15, -0.1) is 0 Å². The van der Waals surface area contributed by atoms with Gasteiger partial charge in [-0.05, 0) is 30.0 Å². The van der Waals surface area contributed by atoms with E-state index in [0.717, 1.165) is 22.4 Å². The molecule has 5 heteroatoms. The van der Waals surface area contributed by atoms with Crippen LogP contribution in [0.2, 0.25) is 0 Å². The minimum Gasteiger partial charge on any atom is -0.481 e. The molecule has 0 radical (unpaired) electrons. The second-order valence-corrected chi connectivity index (χ2v) is 7.36. The van der Waals surface area contributed by atoms with Crippen LogP contribution in [0.15, 0.2) is 48.5 Å². The summed E-state index contributed by atoms with van der Waals surface area (Å²) in [5.74, 6) is -1.11. The number of carbonyl (C=O) groups is 2. The SMILES string of the molecule is Cc1ccccc1C1OC(CC(=O)O)C(=O)N(CC(C)C)c2ccccc21. The predicted octanol–water partition coefficient (Wildman–Crippen LogP) is 3.95. The summed E-state index contributed by atoms with van der Waals surface area (Å²) in [6.07, 6.45) is -1.88. The molecule has 0 aliphatic carbocycles. The van der Waals surface area contributed by atoms with E-state index in [4.69, 9.17) is 4.74 Å². The summed E-state index contributed by atoms with van der Waals surface area (Å²) in [4.78, 5) is 26.3. The molecule has 0 spiro atoms. The molecule has 0 aromatic heterocycles. The van der Waals surface area contributed by atoms with Gasteiger partial charge in [-0.2, -0.15) is 0 Å². The summed E-state index contributed by atoms with van der Waals surface area (Å²) < 4.78 is 6.17. The molecule has 5 nitrogen and oxygen atoms in total. The lowest BCUT2D eigenvalue weighted by atomic mass is 9.95. The number of amides is 1. The van der Waals surface area contributed by atoms with Crippen LogP contribution in [0.25, 0.3) is 0 Å². The van der Waals surface area contributed by atoms with Crippen LogP contribution >= 0.6 is 0 Å². The molecule has 0 saturated carbocycles. The van der Waals surface area contributed by atoms with Gasteiger partial charge in [0, 0.05) is 17.8 Å². The van der Waals surface area contributed by atoms with Crippen LogP contribution in [0.4, 0.5) is 5.69 Å². The van der Waals surface area contributed by atoms with E-state index < -0.39 is 18.2 Å². The van der Waals surface area contributed by atoms with Gasteiger partial charge in [-0.25, -0.2) is 0 Å². The summed E-state index contributed by atoms with van der Waals surface area (Å²) in [5.41, 5.74) is 3.65. The smallest absolute Gasteiger partial charge is 0.306 e. The van der Waals surface area contributed by atoms with Crippen LogP contribution < -0.4 is 4.90 Å². The standard InChI is InChI=1S/C22H25NO4/c1-14(2)13-23-18-11-7-6-10-17(18)21(16-9-5-4-8-15(16)3)27-19(22(23)26)12-20(24)25/h4-11,14,19,21H,12-13H2,1-3H3,(H,24,25). The molecular formula is C22H25NO4. The van der Waals surface area contributed by atoms with Crippen molar-refractivity contribution in [3.8, 4) is 0 Å². The van der Waals surface area contributed by atoms with Crippen molar-refractivity contribution in [2.45, 2.75) is 39.4 Å². The highest BCUT2D eigenvalue weighted by atomic mass is 16.5. The number of carbonyl (C=O) groups excluding carboxylic acids is 1. The maximum atomic E-state index is 13.2. The van der Waals surface area contributed by atoms with Gasteiger partial charge >= 0.3 is 5.97 Å². The molecule has 0 fully saturated rings. The lowest BCUT2D eigenvalue weighted by Gasteiger charge is -2.26. The molecule has 0 bridgehead atoms. The number of benzene rings is 2. The first kappa shape index (κ1) is 19.1. The van der Waals surface area contributed by atoms with Crippen molar-refractivity contribution < 1.29 is 19.4 Å². The number of rotatable bonds is 5. The van der Waals surface area contributed by atoms with E-state index in [9.17, 15) is 14.7 Å². The van der Waals surface area contributed by atoms with Crippen LogP contribution in [-0.4, -0.2) is 29.6 Å². The first-order valence-corrected chi connectivity index (χ1v) is 9.21. The number of carboxylic acids is 1. The zero-order valence-corrected chi connectivity index (χ0v) is 15.9. The number of para-hydroxylation sites is 1. The molecule has 2 unspecified atom stereocenters. The van der Waals surface area contributed by atoms with Crippen LogP contribution in [0.3, 0.4) is 0 Å². The van der Waals surface area contributed by atoms with E-state index in [1.165, 1.54) is 0 Å². The summed E-state index contributed by atoms with van der Waals surface area (Å²) in [5, 5.41) is 9.32. The van der Waals surface area contributed by atoms with Crippen LogP contribution in [0.5, 0.6) is 0 Å². The van der Waals surface area contributed by atoms with Gasteiger partial charge in [0.25, 0.3) is 5.91 Å². The lowest BCUT2D eigenvalue weighted by molar-refractivity contribution is -0.146. The third kappa shape index (κ3) is 4.03. The third-order valence-corrected chi connectivity index (χ3v) is 4.73. The van der Waals surface area contributed by atoms with Gasteiger partial charge in [-0.3, -0.25) is 9.59 Å². The average Bonchev–Trinajstić information content (AvgIpc) is 2.72. The molecule has 2 aromatic rings. The number of aryl methyl sites for hydroxylation is 1. The molecule has 3 rings (SSSR count). The van der Waals surface area contributed by atoms with Gasteiger partial charge < -0.3 is 14.7 Å². The number of carboxylic acid groups (broad SMARTS) is 1. The summed E-state index contributed by atoms with van der Waals surface area (Å²) in [6, 6.07) is 15.5. The van der Waals surface area contributed by atoms with E-state index in [0.29, 0.717) is 6.54 Å². The first-order valence-electron chi connectivity index (χ1n) is 9.21. The van der Waals surface area contributed by atoms with Crippen molar-refractivity contribution >= 4 is 17.6 Å². The molecule has 1 aliphatic heterocycles. The Morgan fingerprint density at radius 3 is 2.37 bits per heavy atom. The summed E-state index contributed by atoms with van der Waals surface area (Å²) in [7, 11) is 0. The fourth-order valence-electron chi connectivity index (χ4n) is 3.51. The number of hydrogen-bond acceptors (Lipinski definition) is 3. The Labute approximate surface area is 159 Å². The number of anilines is 1. The highest BCUT2D eigenvalue weighted by molar-refractivity contribution is 5.99. The van der Waals surface area contributed by atoms with Crippen molar-refractivity contribution in [1.82, 2.24) is 0 Å². The Balaban J connectivity index is 2.16. The zero-order chi connectivity index (χ0) is 19.6. The molecule has 142 valence electrons. The largest absolute Gasteiger partial charge is 0.481 e. The number of hydrogen-bond donors (Lipinski definition) is 1. The Hall–Kier alpha value is -2.66. The topological polar surface area (TPSA) is 66.8 Å². The number of fused-ring (bicyclic) bond motifs is 1. The fraction of sp³-hybridized carbons (Fsp3) is 0.364. The van der Waals surface area contributed by atoms with Gasteiger partial charge in [0.15, 0.2) is 0 Å². The molecule has 1 aliphatic rings. The molecule has 2 atom stereocenters. The van der Waals surface area contributed by atoms with E-state index in [1.807, 2.05) is 69.3 Å². The van der Waals surface area contributed by atoms with Gasteiger partial charge in [-0.1, -0.05) is 56.3 Å². The van der Waals surface area contributed by atoms with Gasteiger partial charge in [0.05, 0.1) is 6.42 Å². The van der Waals surface area contributed by atoms with Crippen molar-refractivity contribution in [2.75, 3.05) is 11.4 Å². The summed E-state index contributed by atoms with van der Waals surface area (Å²) >= 11 is 0. The van der Waals surface area contributed by atoms with Crippen molar-refractivity contribution in [3.05, 3.63) is 65.2 Å². The highest BCUT2D eigenvalue weighted by Gasteiger charge is 2.37. The average molecular weight is 367 g/mol. The van der Waals surface area contributed by atoms with Crippen molar-refractivity contribution in [2.24, 2.45) is 5.92 Å². The molecule has 1 N–H and O–H groups in total. The molecular weight excluding hydrogens is 342 g/mol. The van der Waals surface area contributed by atoms with Crippen LogP contribution in [0.1, 0.15) is 43.1 Å². The highest BCUT2D eigenvalue weighted by Crippen LogP contribution is 2.39. The van der Waals surface area contributed by atoms with E-state index in [2.05, 4.69) is 0 Å². The van der Waals surface area contributed by atoms with E-state index in [-0.39, 0.29) is 18.2 Å². The fourth-order valence-corrected chi connectivity index (χ4v) is 3.51. The Kier molecular flexibility index (Phi) is 5.61. The maximum Gasteiger partial charge on any atom is 0.306 e. The third-order valence-electron chi connectivity index (χ3n) is 4.73. The maximum absolute atomic E-state index is 13.2. The zero-order valence-electron chi connectivity index (χ0n) is 15.9. The molecule has 0 saturated heterocycles. The molecule has 1 amide bonds. The Morgan fingerprint density at radius 1 is 1.11 bits per heavy atom. The second-order valence-electron chi connectivity index (χ2n) is 7.36. The number of ether oxygens (including phenoxy) is 1. The van der Waals surface area contributed by atoms with E-state index >= 15 is 0 Å². The van der Waals surface area contributed by atoms with Gasteiger partial charge in [0.1, 0.15) is 12.2 Å². The van der Waals surface area contributed by atoms with E-state index in [1.54, 1.807) is 4.90 Å². The quantitative estimate of drug-likeness (QED) is 0.869. The van der Waals surface area contributed by atoms with Crippen molar-refractivity contribution in [1.29, 1.82) is 0 Å².